The number of halogens is 1. The van der Waals surface area contributed by atoms with E-state index in [2.05, 4.69) is 33.1 Å². The Bertz CT molecular complexity index is 1080. The molecule has 0 unspecified atom stereocenters. The lowest BCUT2D eigenvalue weighted by molar-refractivity contribution is -0.123. The van der Waals surface area contributed by atoms with Gasteiger partial charge in [-0.1, -0.05) is 24.3 Å². The van der Waals surface area contributed by atoms with Gasteiger partial charge in [-0.05, 0) is 70.0 Å². The first kappa shape index (κ1) is 23.5. The third-order valence-corrected chi connectivity index (χ3v) is 5.22. The van der Waals surface area contributed by atoms with Gasteiger partial charge in [-0.2, -0.15) is 0 Å². The summed E-state index contributed by atoms with van der Waals surface area (Å²) >= 11 is 8.27. The highest BCUT2D eigenvalue weighted by molar-refractivity contribution is 9.10. The molecule has 0 atom stereocenters. The van der Waals surface area contributed by atoms with E-state index in [1.165, 1.54) is 13.2 Å². The van der Waals surface area contributed by atoms with Gasteiger partial charge >= 0.3 is 0 Å². The van der Waals surface area contributed by atoms with Gasteiger partial charge in [-0.25, -0.2) is 0 Å². The number of methoxy groups -OCH3 is 1. The zero-order chi connectivity index (χ0) is 23.1. The molecule has 1 aliphatic heterocycles. The van der Waals surface area contributed by atoms with Crippen LogP contribution in [-0.2, 0) is 16.0 Å². The van der Waals surface area contributed by atoms with Gasteiger partial charge in [0, 0.05) is 0 Å². The fourth-order valence-electron chi connectivity index (χ4n) is 3.00. The summed E-state index contributed by atoms with van der Waals surface area (Å²) < 4.78 is 17.7. The van der Waals surface area contributed by atoms with Crippen molar-refractivity contribution < 1.29 is 23.8 Å². The Hall–Kier alpha value is -3.17. The number of carbonyl (C=O) groups excluding carboxylic acids is 2. The second-order valence-electron chi connectivity index (χ2n) is 6.63. The molecular weight excluding hydrogens is 496 g/mol. The molecule has 166 valence electrons. The van der Waals surface area contributed by atoms with Crippen LogP contribution in [-0.4, -0.2) is 37.3 Å². The number of benzene rings is 2. The highest BCUT2D eigenvalue weighted by Gasteiger charge is 2.26. The number of ether oxygens (including phenoxy) is 3. The monoisotopic (exact) mass is 516 g/mol. The SMILES string of the molecule is C=CCc1ccccc1OCCOc1c(Br)cc(C=C2C(=O)NC(=S)NC2=O)cc1OC. The number of hydrogen-bond donors (Lipinski definition) is 2. The van der Waals surface area contributed by atoms with Gasteiger partial charge < -0.3 is 14.2 Å². The van der Waals surface area contributed by atoms with Crippen molar-refractivity contribution in [2.24, 2.45) is 0 Å². The highest BCUT2D eigenvalue weighted by Crippen LogP contribution is 2.37. The van der Waals surface area contributed by atoms with Crippen molar-refractivity contribution in [1.82, 2.24) is 10.6 Å². The lowest BCUT2D eigenvalue weighted by atomic mass is 10.1. The summed E-state index contributed by atoms with van der Waals surface area (Å²) in [6.07, 6.45) is 3.99. The summed E-state index contributed by atoms with van der Waals surface area (Å²) in [6.45, 7) is 4.37. The van der Waals surface area contributed by atoms with Crippen molar-refractivity contribution in [3.05, 3.63) is 70.2 Å². The number of carbonyl (C=O) groups is 2. The minimum Gasteiger partial charge on any atom is -0.493 e. The van der Waals surface area contributed by atoms with E-state index in [9.17, 15) is 9.59 Å². The normalized spacial score (nSPS) is 13.2. The molecule has 0 radical (unpaired) electrons. The molecule has 0 spiro atoms. The van der Waals surface area contributed by atoms with Gasteiger partial charge in [-0.3, -0.25) is 20.2 Å². The molecule has 2 N–H and O–H groups in total. The highest BCUT2D eigenvalue weighted by atomic mass is 79.9. The third-order valence-electron chi connectivity index (χ3n) is 4.43. The average Bonchev–Trinajstić information content (AvgIpc) is 2.75. The number of para-hydroxylation sites is 1. The predicted molar refractivity (Wildman–Crippen MR) is 129 cm³/mol. The lowest BCUT2D eigenvalue weighted by Crippen LogP contribution is -2.51. The molecule has 0 bridgehead atoms. The van der Waals surface area contributed by atoms with E-state index in [0.29, 0.717) is 28.1 Å². The molecule has 1 heterocycles. The number of amides is 2. The number of hydrogen-bond acceptors (Lipinski definition) is 6. The first-order chi connectivity index (χ1) is 15.4. The van der Waals surface area contributed by atoms with Crippen LogP contribution in [0.15, 0.2) is 59.1 Å². The molecule has 1 aliphatic rings. The molecule has 1 saturated heterocycles. The van der Waals surface area contributed by atoms with Crippen molar-refractivity contribution in [2.75, 3.05) is 20.3 Å². The minimum absolute atomic E-state index is 0.0195. The lowest BCUT2D eigenvalue weighted by Gasteiger charge is -2.17. The second kappa shape index (κ2) is 10.9. The largest absolute Gasteiger partial charge is 0.493 e. The smallest absolute Gasteiger partial charge is 0.263 e. The zero-order valence-electron chi connectivity index (χ0n) is 17.3. The molecule has 9 heteroatoms. The van der Waals surface area contributed by atoms with Crippen LogP contribution >= 0.6 is 28.1 Å². The molecule has 1 fully saturated rings. The molecule has 0 saturated carbocycles. The Morgan fingerprint density at radius 1 is 1.06 bits per heavy atom. The quantitative estimate of drug-likeness (QED) is 0.174. The van der Waals surface area contributed by atoms with Crippen molar-refractivity contribution >= 4 is 51.2 Å². The van der Waals surface area contributed by atoms with Crippen LogP contribution < -0.4 is 24.8 Å². The summed E-state index contributed by atoms with van der Waals surface area (Å²) in [4.78, 5) is 24.1. The topological polar surface area (TPSA) is 85.9 Å². The first-order valence-corrected chi connectivity index (χ1v) is 10.8. The van der Waals surface area contributed by atoms with Crippen molar-refractivity contribution in [2.45, 2.75) is 6.42 Å². The van der Waals surface area contributed by atoms with Gasteiger partial charge in [-0.15, -0.1) is 6.58 Å². The van der Waals surface area contributed by atoms with Gasteiger partial charge in [0.1, 0.15) is 24.5 Å². The number of rotatable bonds is 9. The van der Waals surface area contributed by atoms with E-state index in [4.69, 9.17) is 26.4 Å². The second-order valence-corrected chi connectivity index (χ2v) is 7.89. The Labute approximate surface area is 199 Å². The van der Waals surface area contributed by atoms with Crippen molar-refractivity contribution in [1.29, 1.82) is 0 Å². The van der Waals surface area contributed by atoms with Gasteiger partial charge in [0.05, 0.1) is 11.6 Å². The average molecular weight is 517 g/mol. The summed E-state index contributed by atoms with van der Waals surface area (Å²) in [5.41, 5.74) is 1.56. The van der Waals surface area contributed by atoms with E-state index in [0.717, 1.165) is 17.7 Å². The Kier molecular flexibility index (Phi) is 8.02. The summed E-state index contributed by atoms with van der Waals surface area (Å²) in [5.74, 6) is 0.570. The molecule has 0 aromatic heterocycles. The number of allylic oxidation sites excluding steroid dienone is 1. The molecule has 2 aromatic carbocycles. The van der Waals surface area contributed by atoms with E-state index in [-0.39, 0.29) is 17.3 Å². The fraction of sp³-hybridized carbons (Fsp3) is 0.174. The minimum atomic E-state index is -0.567. The van der Waals surface area contributed by atoms with Crippen LogP contribution in [0.1, 0.15) is 11.1 Å². The maximum Gasteiger partial charge on any atom is 0.263 e. The molecule has 2 amide bonds. The maximum absolute atomic E-state index is 12.1. The molecule has 7 nitrogen and oxygen atoms in total. The first-order valence-electron chi connectivity index (χ1n) is 9.63. The molecule has 0 aliphatic carbocycles. The Balaban J connectivity index is 1.70. The van der Waals surface area contributed by atoms with E-state index in [1.54, 1.807) is 12.1 Å². The molecule has 3 rings (SSSR count). The maximum atomic E-state index is 12.1. The number of thiocarbonyl (C=S) groups is 1. The molecular formula is C23H21BrN2O5S. The van der Waals surface area contributed by atoms with Crippen LogP contribution in [0.2, 0.25) is 0 Å². The van der Waals surface area contributed by atoms with Gasteiger partial charge in [0.2, 0.25) is 0 Å². The summed E-state index contributed by atoms with van der Waals surface area (Å²) in [7, 11) is 1.51. The van der Waals surface area contributed by atoms with Crippen molar-refractivity contribution in [3.63, 3.8) is 0 Å². The van der Waals surface area contributed by atoms with E-state index in [1.807, 2.05) is 30.3 Å². The molecule has 2 aromatic rings. The van der Waals surface area contributed by atoms with Gasteiger partial charge in [0.15, 0.2) is 16.6 Å². The van der Waals surface area contributed by atoms with Crippen molar-refractivity contribution in [3.8, 4) is 17.2 Å². The standard InChI is InChI=1S/C23H21BrN2O5S/c1-3-6-15-7-4-5-8-18(15)30-9-10-31-20-17(24)12-14(13-19(20)29-2)11-16-21(27)25-23(32)26-22(16)28/h3-5,7-8,11-13H,1,6,9-10H2,2H3,(H2,25,26,27,28,32). The molecule has 32 heavy (non-hydrogen) atoms. The van der Waals surface area contributed by atoms with Gasteiger partial charge in [0.25, 0.3) is 11.8 Å². The summed E-state index contributed by atoms with van der Waals surface area (Å²) in [6, 6.07) is 11.2. The van der Waals surface area contributed by atoms with Crippen LogP contribution in [0.5, 0.6) is 17.2 Å². The van der Waals surface area contributed by atoms with Crippen LogP contribution in [0, 0.1) is 0 Å². The van der Waals surface area contributed by atoms with Crippen LogP contribution in [0.3, 0.4) is 0 Å². The fourth-order valence-corrected chi connectivity index (χ4v) is 3.76. The van der Waals surface area contributed by atoms with Crippen LogP contribution in [0.4, 0.5) is 0 Å². The number of nitrogens with one attached hydrogen (secondary N) is 2. The zero-order valence-corrected chi connectivity index (χ0v) is 19.7. The van der Waals surface area contributed by atoms with E-state index >= 15 is 0 Å². The van der Waals surface area contributed by atoms with Crippen LogP contribution in [0.25, 0.3) is 6.08 Å². The Morgan fingerprint density at radius 3 is 2.44 bits per heavy atom. The third kappa shape index (κ3) is 5.74. The Morgan fingerprint density at radius 2 is 1.75 bits per heavy atom. The predicted octanol–water partition coefficient (Wildman–Crippen LogP) is 3.56. The van der Waals surface area contributed by atoms with E-state index < -0.39 is 11.8 Å². The summed E-state index contributed by atoms with van der Waals surface area (Å²) in [5, 5.41) is 4.78.